The van der Waals surface area contributed by atoms with Crippen LogP contribution in [0.25, 0.3) is 60.4 Å². The van der Waals surface area contributed by atoms with Gasteiger partial charge in [0.2, 0.25) is 0 Å². The molecule has 0 unspecified atom stereocenters. The molecular formula is C45H29N5. The number of aliphatic imine (C=N–C) groups is 1. The molecule has 0 radical (unpaired) electrons. The maximum Gasteiger partial charge on any atom is 0.100 e. The molecule has 5 heteroatoms. The van der Waals surface area contributed by atoms with Crippen molar-refractivity contribution in [2.75, 3.05) is 0 Å². The Bertz CT molecular complexity index is 2850. The Labute approximate surface area is 288 Å². The van der Waals surface area contributed by atoms with E-state index in [0.29, 0.717) is 11.3 Å². The fraction of sp³-hybridized carbons (Fsp3) is 0. The first-order valence-electron chi connectivity index (χ1n) is 16.5. The Hall–Kier alpha value is -7.03. The standard InChI is InChI=1S/C45H29N5/c46-28-30-11-10-14-34(25-30)50-43-20-9-6-16-36(43)39-27-33(22-24-44(39)50)32-21-23-42-38(26-32)35-15-5-8-19-41(35)49(42)29-48-40-18-7-4-17-37(40)45(47)31-12-2-1-3-13-31/h1-27,29,47H/b47-45?,48-29+. The van der Waals surface area contributed by atoms with Gasteiger partial charge in [-0.25, -0.2) is 4.99 Å². The summed E-state index contributed by atoms with van der Waals surface area (Å²) in [5.74, 6) is 0. The molecule has 5 nitrogen and oxygen atoms in total. The van der Waals surface area contributed by atoms with Crippen molar-refractivity contribution in [3.05, 3.63) is 180 Å². The van der Waals surface area contributed by atoms with E-state index >= 15 is 0 Å². The molecular weight excluding hydrogens is 611 g/mol. The Kier molecular flexibility index (Phi) is 6.93. The van der Waals surface area contributed by atoms with Crippen molar-refractivity contribution >= 4 is 61.3 Å². The van der Waals surface area contributed by atoms with E-state index in [4.69, 9.17) is 10.4 Å². The normalized spacial score (nSPS) is 11.6. The molecule has 0 spiro atoms. The van der Waals surface area contributed by atoms with Crippen molar-refractivity contribution in [1.29, 1.82) is 10.7 Å². The zero-order valence-corrected chi connectivity index (χ0v) is 27.0. The Morgan fingerprint density at radius 3 is 1.94 bits per heavy atom. The third-order valence-electron chi connectivity index (χ3n) is 9.50. The summed E-state index contributed by atoms with van der Waals surface area (Å²) in [6, 6.07) is 57.8. The largest absolute Gasteiger partial charge is 0.309 e. The summed E-state index contributed by atoms with van der Waals surface area (Å²) in [5.41, 5.74) is 11.0. The van der Waals surface area contributed by atoms with Gasteiger partial charge in [-0.1, -0.05) is 103 Å². The first kappa shape index (κ1) is 29.1. The quantitative estimate of drug-likeness (QED) is 0.143. The molecule has 0 saturated carbocycles. The van der Waals surface area contributed by atoms with Crippen LogP contribution in [-0.2, 0) is 0 Å². The SMILES string of the molecule is N#Cc1cccc(-n2c3ccccc3c3cc(-c4ccc5c(c4)c4ccccc4n5/C=N/c4ccccc4C(=N)c4ccccc4)ccc32)c1. The first-order valence-corrected chi connectivity index (χ1v) is 16.5. The minimum atomic E-state index is 0.445. The highest BCUT2D eigenvalue weighted by molar-refractivity contribution is 6.15. The second kappa shape index (κ2) is 11.9. The number of para-hydroxylation sites is 3. The van der Waals surface area contributed by atoms with E-state index in [1.165, 1.54) is 5.39 Å². The Morgan fingerprint density at radius 2 is 1.16 bits per heavy atom. The molecule has 50 heavy (non-hydrogen) atoms. The Balaban J connectivity index is 1.15. The van der Waals surface area contributed by atoms with E-state index in [1.807, 2.05) is 79.1 Å². The molecule has 0 aliphatic rings. The molecule has 0 fully saturated rings. The summed E-state index contributed by atoms with van der Waals surface area (Å²) >= 11 is 0. The van der Waals surface area contributed by atoms with Crippen molar-refractivity contribution in [2.45, 2.75) is 0 Å². The summed E-state index contributed by atoms with van der Waals surface area (Å²) in [7, 11) is 0. The topological polar surface area (TPSA) is 69.9 Å². The predicted molar refractivity (Wildman–Crippen MR) is 206 cm³/mol. The Morgan fingerprint density at radius 1 is 0.560 bits per heavy atom. The fourth-order valence-corrected chi connectivity index (χ4v) is 7.13. The van der Waals surface area contributed by atoms with Gasteiger partial charge in [-0.15, -0.1) is 0 Å². The van der Waals surface area contributed by atoms with Gasteiger partial charge in [-0.2, -0.15) is 5.26 Å². The zero-order chi connectivity index (χ0) is 33.6. The molecule has 0 amide bonds. The van der Waals surface area contributed by atoms with E-state index in [2.05, 4.69) is 106 Å². The molecule has 2 aromatic heterocycles. The molecule has 7 aromatic carbocycles. The van der Waals surface area contributed by atoms with Gasteiger partial charge in [0.25, 0.3) is 0 Å². The van der Waals surface area contributed by atoms with E-state index in [0.717, 1.165) is 71.9 Å². The lowest BCUT2D eigenvalue weighted by molar-refractivity contribution is 1.18. The lowest BCUT2D eigenvalue weighted by Crippen LogP contribution is -2.02. The van der Waals surface area contributed by atoms with Crippen molar-refractivity contribution in [3.63, 3.8) is 0 Å². The number of benzene rings is 7. The van der Waals surface area contributed by atoms with Crippen LogP contribution in [0.5, 0.6) is 0 Å². The molecule has 1 N–H and O–H groups in total. The maximum absolute atomic E-state index is 9.57. The third kappa shape index (κ3) is 4.78. The average molecular weight is 640 g/mol. The minimum absolute atomic E-state index is 0.445. The molecule has 0 bridgehead atoms. The van der Waals surface area contributed by atoms with Crippen LogP contribution >= 0.6 is 0 Å². The van der Waals surface area contributed by atoms with Gasteiger partial charge in [0.1, 0.15) is 6.34 Å². The molecule has 234 valence electrons. The summed E-state index contributed by atoms with van der Waals surface area (Å²) < 4.78 is 4.38. The number of fused-ring (bicyclic) bond motifs is 6. The van der Waals surface area contributed by atoms with Crippen LogP contribution in [0.15, 0.2) is 169 Å². The second-order valence-electron chi connectivity index (χ2n) is 12.4. The lowest BCUT2D eigenvalue weighted by Gasteiger charge is -2.09. The van der Waals surface area contributed by atoms with Crippen molar-refractivity contribution < 1.29 is 0 Å². The van der Waals surface area contributed by atoms with Gasteiger partial charge in [0.05, 0.1) is 45.1 Å². The maximum atomic E-state index is 9.57. The summed E-state index contributed by atoms with van der Waals surface area (Å²) in [5, 5.41) is 23.1. The third-order valence-corrected chi connectivity index (χ3v) is 9.50. The molecule has 0 atom stereocenters. The highest BCUT2D eigenvalue weighted by Crippen LogP contribution is 2.37. The van der Waals surface area contributed by atoms with Crippen LogP contribution in [0.4, 0.5) is 5.69 Å². The zero-order valence-electron chi connectivity index (χ0n) is 27.0. The summed E-state index contributed by atoms with van der Waals surface area (Å²) in [6.45, 7) is 0. The summed E-state index contributed by atoms with van der Waals surface area (Å²) in [6.07, 6.45) is 1.88. The fourth-order valence-electron chi connectivity index (χ4n) is 7.13. The molecule has 0 aliphatic heterocycles. The molecule has 2 heterocycles. The number of nitrogens with zero attached hydrogens (tertiary/aromatic N) is 4. The van der Waals surface area contributed by atoms with E-state index < -0.39 is 0 Å². The van der Waals surface area contributed by atoms with Crippen LogP contribution < -0.4 is 0 Å². The van der Waals surface area contributed by atoms with Gasteiger partial charge in [0.15, 0.2) is 0 Å². The number of nitrogens with one attached hydrogen (secondary N) is 1. The number of hydrogen-bond donors (Lipinski definition) is 1. The van der Waals surface area contributed by atoms with Gasteiger partial charge in [-0.05, 0) is 71.8 Å². The van der Waals surface area contributed by atoms with Crippen LogP contribution in [-0.4, -0.2) is 21.2 Å². The average Bonchev–Trinajstić information content (AvgIpc) is 3.69. The van der Waals surface area contributed by atoms with Crippen molar-refractivity contribution in [1.82, 2.24) is 9.13 Å². The van der Waals surface area contributed by atoms with Gasteiger partial charge >= 0.3 is 0 Å². The van der Waals surface area contributed by atoms with Crippen LogP contribution in [0.3, 0.4) is 0 Å². The number of rotatable bonds is 6. The minimum Gasteiger partial charge on any atom is -0.309 e. The van der Waals surface area contributed by atoms with Gasteiger partial charge < -0.3 is 4.57 Å². The van der Waals surface area contributed by atoms with E-state index in [1.54, 1.807) is 0 Å². The van der Waals surface area contributed by atoms with Crippen molar-refractivity contribution in [2.24, 2.45) is 4.99 Å². The number of nitriles is 1. The van der Waals surface area contributed by atoms with Crippen LogP contribution in [0, 0.1) is 16.7 Å². The predicted octanol–water partition coefficient (Wildman–Crippen LogP) is 11.1. The molecule has 9 aromatic rings. The summed E-state index contributed by atoms with van der Waals surface area (Å²) in [4.78, 5) is 4.95. The van der Waals surface area contributed by atoms with Crippen LogP contribution in [0.2, 0.25) is 0 Å². The molecule has 0 aliphatic carbocycles. The monoisotopic (exact) mass is 639 g/mol. The smallest absolute Gasteiger partial charge is 0.100 e. The van der Waals surface area contributed by atoms with E-state index in [-0.39, 0.29) is 0 Å². The van der Waals surface area contributed by atoms with Gasteiger partial charge in [-0.3, -0.25) is 9.98 Å². The van der Waals surface area contributed by atoms with Crippen molar-refractivity contribution in [3.8, 4) is 22.9 Å². The van der Waals surface area contributed by atoms with Gasteiger partial charge in [0, 0.05) is 38.4 Å². The number of aromatic nitrogens is 2. The lowest BCUT2D eigenvalue weighted by atomic mass is 10.0. The second-order valence-corrected chi connectivity index (χ2v) is 12.4. The van der Waals surface area contributed by atoms with E-state index in [9.17, 15) is 5.26 Å². The van der Waals surface area contributed by atoms with Crippen LogP contribution in [0.1, 0.15) is 16.7 Å². The molecule has 0 saturated heterocycles. The highest BCUT2D eigenvalue weighted by Gasteiger charge is 2.16. The first-order chi connectivity index (χ1) is 24.7. The number of hydrogen-bond acceptors (Lipinski definition) is 3. The molecule has 9 rings (SSSR count). The highest BCUT2D eigenvalue weighted by atomic mass is 15.0.